The molecular formula is C6H10N2O4Te. The van der Waals surface area contributed by atoms with Crippen molar-refractivity contribution in [3.8, 4) is 0 Å². The normalized spacial score (nSPS) is 8.46. The predicted molar refractivity (Wildman–Crippen MR) is 44.7 cm³/mol. The minimum atomic E-state index is -1.35. The van der Waals surface area contributed by atoms with Crippen LogP contribution in [0.3, 0.4) is 0 Å². The molecule has 13 heavy (non-hydrogen) atoms. The number of amides is 2. The number of rotatable bonds is 2. The zero-order valence-electron chi connectivity index (χ0n) is 7.35. The number of hydrogen-bond donors (Lipinski definition) is 0. The molecule has 0 heterocycles. The topological polar surface area (TPSA) is 77.3 Å². The fraction of sp³-hybridized carbons (Fsp3) is 0.667. The summed E-state index contributed by atoms with van der Waals surface area (Å²) >= 11 is -1.35. The zero-order chi connectivity index (χ0) is 10.1. The molecule has 0 aromatic heterocycles. The van der Waals surface area contributed by atoms with Crippen molar-refractivity contribution in [2.24, 2.45) is 6.37 Å². The Hall–Kier alpha value is -0.670. The summed E-state index contributed by atoms with van der Waals surface area (Å²) in [6.45, 7) is 3.90. The van der Waals surface area contributed by atoms with Gasteiger partial charge in [-0.25, -0.2) is 0 Å². The van der Waals surface area contributed by atoms with Crippen molar-refractivity contribution < 1.29 is 19.1 Å². The van der Waals surface area contributed by atoms with Crippen molar-refractivity contribution in [1.29, 1.82) is 0 Å². The van der Waals surface area contributed by atoms with Gasteiger partial charge in [-0.15, -0.1) is 0 Å². The number of hydrogen-bond acceptors (Lipinski definition) is 4. The summed E-state index contributed by atoms with van der Waals surface area (Å²) in [6, 6.07) is 0. The summed E-state index contributed by atoms with van der Waals surface area (Å²) in [5, 5.41) is 0. The molecule has 0 atom stereocenters. The fourth-order valence-electron chi connectivity index (χ4n) is 0.387. The van der Waals surface area contributed by atoms with Crippen LogP contribution in [0.1, 0.15) is 13.8 Å². The third-order valence-electron chi connectivity index (χ3n) is 0.766. The van der Waals surface area contributed by atoms with Crippen LogP contribution < -0.4 is 0 Å². The molecule has 0 aliphatic heterocycles. The van der Waals surface area contributed by atoms with E-state index >= 15 is 0 Å². The molecule has 0 saturated heterocycles. The fourth-order valence-corrected chi connectivity index (χ4v) is 1.18. The van der Waals surface area contributed by atoms with Gasteiger partial charge in [0, 0.05) is 0 Å². The van der Waals surface area contributed by atoms with Crippen molar-refractivity contribution >= 4 is 32.8 Å². The standard InChI is InChI=1S/C6H10N2O4Te/c1-3-11-5(9)7-13-8-6(10)12-4-2/h3-4H2,1-2H3. The molecule has 0 bridgehead atoms. The number of carbonyl (C=O) groups excluding carboxylic acids is 2. The second kappa shape index (κ2) is 7.95. The molecule has 0 saturated carbocycles. The van der Waals surface area contributed by atoms with Crippen molar-refractivity contribution in [3.63, 3.8) is 0 Å². The molecule has 0 rings (SSSR count). The molecular weight excluding hydrogens is 292 g/mol. The van der Waals surface area contributed by atoms with Crippen LogP contribution in [0.25, 0.3) is 0 Å². The van der Waals surface area contributed by atoms with E-state index < -0.39 is 32.8 Å². The molecule has 0 spiro atoms. The molecule has 0 aromatic carbocycles. The van der Waals surface area contributed by atoms with Gasteiger partial charge in [0.1, 0.15) is 0 Å². The third-order valence-corrected chi connectivity index (χ3v) is 2.08. The van der Waals surface area contributed by atoms with Gasteiger partial charge in [-0.3, -0.25) is 0 Å². The molecule has 0 fully saturated rings. The van der Waals surface area contributed by atoms with Crippen molar-refractivity contribution in [2.75, 3.05) is 13.2 Å². The SMILES string of the molecule is CCOC(=O)N=[Te]=NC(=O)OCC. The molecule has 0 N–H and O–H groups in total. The molecule has 0 aliphatic carbocycles. The molecule has 6 nitrogen and oxygen atoms in total. The average molecular weight is 302 g/mol. The van der Waals surface area contributed by atoms with E-state index in [1.54, 1.807) is 13.8 Å². The number of ether oxygens (including phenoxy) is 2. The van der Waals surface area contributed by atoms with Gasteiger partial charge < -0.3 is 0 Å². The van der Waals surface area contributed by atoms with Crippen molar-refractivity contribution in [1.82, 2.24) is 0 Å². The Morgan fingerprint density at radius 3 is 1.77 bits per heavy atom. The molecule has 0 aliphatic rings. The molecule has 0 radical (unpaired) electrons. The van der Waals surface area contributed by atoms with E-state index in [0.29, 0.717) is 0 Å². The van der Waals surface area contributed by atoms with E-state index in [0.717, 1.165) is 0 Å². The Kier molecular flexibility index (Phi) is 7.54. The van der Waals surface area contributed by atoms with E-state index in [4.69, 9.17) is 0 Å². The van der Waals surface area contributed by atoms with Crippen LogP contribution in [-0.4, -0.2) is 46.0 Å². The third kappa shape index (κ3) is 7.68. The second-order valence-corrected chi connectivity index (χ2v) is 3.17. The Labute approximate surface area is 85.5 Å². The van der Waals surface area contributed by atoms with Crippen LogP contribution in [0.5, 0.6) is 0 Å². The zero-order valence-corrected chi connectivity index (χ0v) is 9.68. The van der Waals surface area contributed by atoms with Crippen LogP contribution in [0.4, 0.5) is 9.59 Å². The van der Waals surface area contributed by atoms with Gasteiger partial charge in [-0.05, 0) is 0 Å². The maximum absolute atomic E-state index is 10.6. The Balaban J connectivity index is 3.94. The first-order valence-electron chi connectivity index (χ1n) is 3.62. The first kappa shape index (κ1) is 12.3. The van der Waals surface area contributed by atoms with Gasteiger partial charge in [0.15, 0.2) is 0 Å². The Morgan fingerprint density at radius 2 is 1.46 bits per heavy atom. The van der Waals surface area contributed by atoms with E-state index in [1.807, 2.05) is 0 Å². The maximum atomic E-state index is 10.6. The summed E-state index contributed by atoms with van der Waals surface area (Å²) < 4.78 is 15.9. The van der Waals surface area contributed by atoms with Gasteiger partial charge in [0.2, 0.25) is 0 Å². The van der Waals surface area contributed by atoms with Crippen molar-refractivity contribution in [2.45, 2.75) is 13.8 Å². The molecule has 2 amide bonds. The average Bonchev–Trinajstić information content (AvgIpc) is 2.05. The summed E-state index contributed by atoms with van der Waals surface area (Å²) in [6.07, 6.45) is -1.34. The summed E-state index contributed by atoms with van der Waals surface area (Å²) in [5.74, 6) is 0. The monoisotopic (exact) mass is 304 g/mol. The summed E-state index contributed by atoms with van der Waals surface area (Å²) in [5.41, 5.74) is 0. The van der Waals surface area contributed by atoms with E-state index in [-0.39, 0.29) is 13.2 Å². The minimum absolute atomic E-state index is 0.273. The van der Waals surface area contributed by atoms with Crippen LogP contribution >= 0.6 is 0 Å². The summed E-state index contributed by atoms with van der Waals surface area (Å²) in [7, 11) is 0. The predicted octanol–water partition coefficient (Wildman–Crippen LogP) is 1.37. The molecule has 7 heteroatoms. The van der Waals surface area contributed by atoms with E-state index in [2.05, 4.69) is 15.8 Å². The van der Waals surface area contributed by atoms with Gasteiger partial charge >= 0.3 is 85.3 Å². The van der Waals surface area contributed by atoms with Crippen LogP contribution in [0, 0.1) is 0 Å². The number of carbonyl (C=O) groups is 2. The molecule has 0 unspecified atom stereocenters. The Bertz CT molecular complexity index is 225. The Morgan fingerprint density at radius 1 is 1.08 bits per heavy atom. The van der Waals surface area contributed by atoms with Gasteiger partial charge in [-0.2, -0.15) is 0 Å². The van der Waals surface area contributed by atoms with E-state index in [9.17, 15) is 9.59 Å². The van der Waals surface area contributed by atoms with Crippen LogP contribution in [0.2, 0.25) is 0 Å². The van der Waals surface area contributed by atoms with Gasteiger partial charge in [-0.1, -0.05) is 0 Å². The van der Waals surface area contributed by atoms with E-state index in [1.165, 1.54) is 0 Å². The first-order chi connectivity index (χ1) is 6.20. The quantitative estimate of drug-likeness (QED) is 0.722. The number of nitrogens with zero attached hydrogens (tertiary/aromatic N) is 2. The molecule has 74 valence electrons. The summed E-state index contributed by atoms with van der Waals surface area (Å²) in [4.78, 5) is 21.2. The van der Waals surface area contributed by atoms with Crippen LogP contribution in [0.15, 0.2) is 6.37 Å². The van der Waals surface area contributed by atoms with Crippen LogP contribution in [-0.2, 0) is 9.47 Å². The van der Waals surface area contributed by atoms with Gasteiger partial charge in [0.25, 0.3) is 0 Å². The first-order valence-corrected chi connectivity index (χ1v) is 5.70. The second-order valence-electron chi connectivity index (χ2n) is 1.66. The van der Waals surface area contributed by atoms with Crippen molar-refractivity contribution in [3.05, 3.63) is 0 Å². The van der Waals surface area contributed by atoms with Gasteiger partial charge in [0.05, 0.1) is 0 Å². The molecule has 0 aromatic rings.